The molecule has 0 saturated carbocycles. The van der Waals surface area contributed by atoms with Crippen LogP contribution < -0.4 is 5.32 Å². The molecule has 5 heteroatoms. The predicted octanol–water partition coefficient (Wildman–Crippen LogP) is 11.7. The van der Waals surface area contributed by atoms with E-state index < -0.39 is 0 Å². The Bertz CT molecular complexity index is 2870. The summed E-state index contributed by atoms with van der Waals surface area (Å²) in [6, 6.07) is 68.1. The summed E-state index contributed by atoms with van der Waals surface area (Å²) in [5, 5.41) is 6.01. The maximum atomic E-state index is 5.21. The van der Waals surface area contributed by atoms with Gasteiger partial charge in [-0.3, -0.25) is 4.57 Å². The third-order valence-electron chi connectivity index (χ3n) is 10.4. The summed E-state index contributed by atoms with van der Waals surface area (Å²) < 4.78 is 2.14. The van der Waals surface area contributed by atoms with Gasteiger partial charge in [0.25, 0.3) is 0 Å². The first kappa shape index (κ1) is 32.3. The number of hydrogen-bond donors (Lipinski definition) is 1. The fraction of sp³-hybridized carbons (Fsp3) is 0.0200. The van der Waals surface area contributed by atoms with Crippen molar-refractivity contribution in [2.45, 2.75) is 6.17 Å². The Morgan fingerprint density at radius 2 is 1.04 bits per heavy atom. The number of nitrogens with zero attached hydrogens (tertiary/aromatic N) is 4. The van der Waals surface area contributed by atoms with Gasteiger partial charge in [-0.05, 0) is 80.0 Å². The Hall–Kier alpha value is -7.37. The highest BCUT2D eigenvalue weighted by Gasteiger charge is 2.22. The molecule has 1 N–H and O–H groups in total. The second kappa shape index (κ2) is 13.9. The van der Waals surface area contributed by atoms with E-state index in [2.05, 4.69) is 173 Å². The smallest absolute Gasteiger partial charge is 0.159 e. The summed E-state index contributed by atoms with van der Waals surface area (Å²) in [6.07, 6.45) is 1.60. The van der Waals surface area contributed by atoms with Gasteiger partial charge in [-0.25, -0.2) is 15.0 Å². The van der Waals surface area contributed by atoms with Gasteiger partial charge in [-0.1, -0.05) is 164 Å². The zero-order chi connectivity index (χ0) is 36.6. The van der Waals surface area contributed by atoms with E-state index in [-0.39, 0.29) is 6.17 Å². The second-order valence-corrected chi connectivity index (χ2v) is 13.8. The minimum atomic E-state index is -0.296. The molecule has 260 valence electrons. The van der Waals surface area contributed by atoms with Crippen molar-refractivity contribution < 1.29 is 0 Å². The highest BCUT2D eigenvalue weighted by Crippen LogP contribution is 2.36. The first-order valence-corrected chi connectivity index (χ1v) is 18.5. The zero-order valence-electron chi connectivity index (χ0n) is 29.9. The number of imidazole rings is 1. The van der Waals surface area contributed by atoms with Crippen LogP contribution in [-0.2, 0) is 0 Å². The monoisotopic (exact) mass is 705 g/mol. The van der Waals surface area contributed by atoms with Gasteiger partial charge < -0.3 is 5.32 Å². The van der Waals surface area contributed by atoms with E-state index in [1.165, 1.54) is 33.0 Å². The predicted molar refractivity (Wildman–Crippen MR) is 227 cm³/mol. The van der Waals surface area contributed by atoms with Gasteiger partial charge in [0.15, 0.2) is 5.84 Å². The zero-order valence-corrected chi connectivity index (χ0v) is 29.9. The van der Waals surface area contributed by atoms with Crippen LogP contribution in [0.2, 0.25) is 0 Å². The van der Waals surface area contributed by atoms with Gasteiger partial charge in [-0.2, -0.15) is 0 Å². The Morgan fingerprint density at radius 3 is 1.78 bits per heavy atom. The molecule has 0 spiro atoms. The maximum absolute atomic E-state index is 5.21. The molecule has 0 radical (unpaired) electrons. The number of aliphatic imine (C=N–C) groups is 2. The quantitative estimate of drug-likeness (QED) is 0.179. The molecule has 1 aromatic heterocycles. The minimum Gasteiger partial charge on any atom is -0.344 e. The largest absolute Gasteiger partial charge is 0.344 e. The average Bonchev–Trinajstić information content (AvgIpc) is 3.71. The van der Waals surface area contributed by atoms with Crippen LogP contribution in [0.4, 0.5) is 0 Å². The topological polar surface area (TPSA) is 54.6 Å². The summed E-state index contributed by atoms with van der Waals surface area (Å²) >= 11 is 0. The van der Waals surface area contributed by atoms with Crippen LogP contribution in [0.25, 0.3) is 60.9 Å². The molecule has 5 nitrogen and oxygen atoms in total. The molecule has 55 heavy (non-hydrogen) atoms. The van der Waals surface area contributed by atoms with E-state index in [0.717, 1.165) is 50.4 Å². The van der Waals surface area contributed by atoms with E-state index in [4.69, 9.17) is 9.98 Å². The Kier molecular flexibility index (Phi) is 8.15. The number of fused-ring (bicyclic) bond motifs is 2. The van der Waals surface area contributed by atoms with Gasteiger partial charge in [0.05, 0.1) is 11.0 Å². The molecule has 8 aromatic carbocycles. The van der Waals surface area contributed by atoms with Crippen LogP contribution in [0.1, 0.15) is 22.9 Å². The van der Waals surface area contributed by atoms with Crippen LogP contribution in [-0.4, -0.2) is 21.2 Å². The molecule has 1 aliphatic heterocycles. The van der Waals surface area contributed by atoms with Crippen LogP contribution >= 0.6 is 0 Å². The van der Waals surface area contributed by atoms with Crippen LogP contribution in [0, 0.1) is 0 Å². The molecular weight excluding hydrogens is 671 g/mol. The highest BCUT2D eigenvalue weighted by atomic mass is 15.2. The van der Waals surface area contributed by atoms with Crippen molar-refractivity contribution in [3.8, 4) is 39.1 Å². The minimum absolute atomic E-state index is 0.296. The second-order valence-electron chi connectivity index (χ2n) is 13.8. The summed E-state index contributed by atoms with van der Waals surface area (Å²) in [7, 11) is 0. The van der Waals surface area contributed by atoms with Gasteiger partial charge >= 0.3 is 0 Å². The summed E-state index contributed by atoms with van der Waals surface area (Å²) in [5.41, 5.74) is 13.2. The van der Waals surface area contributed by atoms with Crippen LogP contribution in [0.15, 0.2) is 210 Å². The number of para-hydroxylation sites is 2. The number of benzene rings is 8. The Labute approximate surface area is 319 Å². The van der Waals surface area contributed by atoms with Crippen molar-refractivity contribution in [2.75, 3.05) is 0 Å². The van der Waals surface area contributed by atoms with Crippen molar-refractivity contribution in [2.24, 2.45) is 9.98 Å². The van der Waals surface area contributed by atoms with Crippen molar-refractivity contribution in [1.82, 2.24) is 14.9 Å². The average molecular weight is 706 g/mol. The number of amidine groups is 2. The van der Waals surface area contributed by atoms with Crippen molar-refractivity contribution in [3.63, 3.8) is 0 Å². The fourth-order valence-electron chi connectivity index (χ4n) is 7.59. The van der Waals surface area contributed by atoms with E-state index >= 15 is 0 Å². The number of aromatic nitrogens is 2. The lowest BCUT2D eigenvalue weighted by Gasteiger charge is -2.24. The molecule has 2 heterocycles. The number of nitrogens with one attached hydrogen (secondary N) is 1. The first-order valence-electron chi connectivity index (χ1n) is 18.5. The third kappa shape index (κ3) is 6.18. The third-order valence-corrected chi connectivity index (χ3v) is 10.4. The van der Waals surface area contributed by atoms with Gasteiger partial charge in [0, 0.05) is 16.8 Å². The highest BCUT2D eigenvalue weighted by molar-refractivity contribution is 6.13. The van der Waals surface area contributed by atoms with E-state index in [1.54, 1.807) is 0 Å². The molecule has 0 amide bonds. The number of rotatable bonds is 7. The van der Waals surface area contributed by atoms with E-state index in [0.29, 0.717) is 5.84 Å². The van der Waals surface area contributed by atoms with E-state index in [9.17, 15) is 0 Å². The van der Waals surface area contributed by atoms with Crippen molar-refractivity contribution in [1.29, 1.82) is 0 Å². The van der Waals surface area contributed by atoms with Crippen molar-refractivity contribution >= 4 is 33.5 Å². The normalized spacial score (nSPS) is 14.0. The SMILES string of the molecule is c1ccc(C2=NC(c3cccc(-c4cccc5c(-c6ccc(-n7cnc8ccccc87)cc6)cccc45)c3)=NC(c3ccc(-c4ccccc4)cc3)N2)cc1. The molecule has 0 aliphatic carbocycles. The lowest BCUT2D eigenvalue weighted by atomic mass is 9.92. The molecule has 0 fully saturated rings. The molecular formula is C50H35N5. The van der Waals surface area contributed by atoms with E-state index in [1.807, 2.05) is 42.7 Å². The van der Waals surface area contributed by atoms with Crippen LogP contribution in [0.3, 0.4) is 0 Å². The molecule has 1 aliphatic rings. The van der Waals surface area contributed by atoms with Gasteiger partial charge in [0.2, 0.25) is 0 Å². The molecule has 1 unspecified atom stereocenters. The molecule has 9 aromatic rings. The Morgan fingerprint density at radius 1 is 0.455 bits per heavy atom. The standard InChI is InChI=1S/C50H35N5/c1-3-12-34(13-4-1)35-24-26-38(27-25-35)49-52-48(37-14-5-2-6-15-37)53-50(54-49)40-17-9-16-39(32-40)43-19-11-20-44-42(18-10-21-45(43)44)36-28-30-41(31-29-36)55-33-51-46-22-7-8-23-47(46)55/h1-33,49H,(H,52,53,54). The number of hydrogen-bond acceptors (Lipinski definition) is 4. The lowest BCUT2D eigenvalue weighted by Crippen LogP contribution is -2.33. The maximum Gasteiger partial charge on any atom is 0.159 e. The molecule has 10 rings (SSSR count). The Balaban J connectivity index is 1.00. The summed E-state index contributed by atoms with van der Waals surface area (Å²) in [5.74, 6) is 1.50. The molecule has 0 bridgehead atoms. The van der Waals surface area contributed by atoms with Crippen LogP contribution in [0.5, 0.6) is 0 Å². The molecule has 0 saturated heterocycles. The van der Waals surface area contributed by atoms with Gasteiger partial charge in [-0.15, -0.1) is 0 Å². The fourth-order valence-corrected chi connectivity index (χ4v) is 7.59. The van der Waals surface area contributed by atoms with Gasteiger partial charge in [0.1, 0.15) is 18.3 Å². The summed E-state index contributed by atoms with van der Waals surface area (Å²) in [4.78, 5) is 14.9. The summed E-state index contributed by atoms with van der Waals surface area (Å²) in [6.45, 7) is 0. The van der Waals surface area contributed by atoms with Crippen molar-refractivity contribution in [3.05, 3.63) is 217 Å². The first-order chi connectivity index (χ1) is 27.2. The molecule has 1 atom stereocenters. The lowest BCUT2D eigenvalue weighted by molar-refractivity contribution is 0.674.